The number of nitrogens with zero attached hydrogens (tertiary/aromatic N) is 2. The fourth-order valence-corrected chi connectivity index (χ4v) is 5.09. The number of carbonyl (C=O) groups is 2. The number of benzene rings is 1. The number of likely N-dealkylation sites (tertiary alicyclic amines) is 1. The Hall–Kier alpha value is -2.54. The molecule has 7 nitrogen and oxygen atoms in total. The molecule has 1 aliphatic heterocycles. The maximum absolute atomic E-state index is 12.5. The van der Waals surface area contributed by atoms with Gasteiger partial charge in [-0.25, -0.2) is 9.59 Å². The van der Waals surface area contributed by atoms with Crippen molar-refractivity contribution < 1.29 is 14.7 Å². The molecular formula is C21H28N4O3. The Morgan fingerprint density at radius 3 is 2.75 bits per heavy atom. The van der Waals surface area contributed by atoms with E-state index in [1.54, 1.807) is 4.90 Å². The van der Waals surface area contributed by atoms with Crippen LogP contribution < -0.4 is 5.32 Å². The largest absolute Gasteiger partial charge is 0.477 e. The second kappa shape index (κ2) is 7.13. The topological polar surface area (TPSA) is 88.7 Å². The third kappa shape index (κ3) is 2.94. The molecule has 0 saturated carbocycles. The number of fused-ring (bicyclic) bond motifs is 2. The molecule has 1 aromatic carbocycles. The van der Waals surface area contributed by atoms with Gasteiger partial charge in [0.05, 0.1) is 0 Å². The van der Waals surface area contributed by atoms with Gasteiger partial charge in [-0.05, 0) is 50.9 Å². The van der Waals surface area contributed by atoms with Gasteiger partial charge in [-0.3, -0.25) is 0 Å². The third-order valence-corrected chi connectivity index (χ3v) is 6.44. The predicted octanol–water partition coefficient (Wildman–Crippen LogP) is 2.63. The second-order valence-corrected chi connectivity index (χ2v) is 7.93. The Kier molecular flexibility index (Phi) is 4.79. The van der Waals surface area contributed by atoms with Crippen molar-refractivity contribution in [3.63, 3.8) is 0 Å². The van der Waals surface area contributed by atoms with Crippen molar-refractivity contribution in [2.75, 3.05) is 26.7 Å². The highest BCUT2D eigenvalue weighted by atomic mass is 16.4. The number of hydrogen-bond donors (Lipinski definition) is 3. The molecule has 0 radical (unpaired) electrons. The van der Waals surface area contributed by atoms with E-state index in [4.69, 9.17) is 0 Å². The number of aromatic carboxylic acids is 1. The number of aromatic nitrogens is 1. The fourth-order valence-electron chi connectivity index (χ4n) is 5.09. The van der Waals surface area contributed by atoms with Crippen LogP contribution in [0.25, 0.3) is 10.9 Å². The van der Waals surface area contributed by atoms with Crippen LogP contribution in [0.1, 0.15) is 47.8 Å². The first-order valence-electron chi connectivity index (χ1n) is 10.1. The summed E-state index contributed by atoms with van der Waals surface area (Å²) in [4.78, 5) is 31.4. The van der Waals surface area contributed by atoms with E-state index in [9.17, 15) is 14.7 Å². The van der Waals surface area contributed by atoms with Gasteiger partial charge in [-0.2, -0.15) is 0 Å². The number of likely N-dealkylation sites (N-methyl/N-ethyl adjacent to an activating group) is 1. The summed E-state index contributed by atoms with van der Waals surface area (Å²) in [5.74, 6) is -0.632. The number of urea groups is 1. The SMILES string of the molecule is CCN(CC)C(=O)N[C@H]1CC2c3cccc4[nH]c(C(=O)O)c(c34)C[C@H]2N(C)C1. The van der Waals surface area contributed by atoms with Gasteiger partial charge in [0.15, 0.2) is 0 Å². The molecule has 1 aromatic heterocycles. The molecule has 1 saturated heterocycles. The Morgan fingerprint density at radius 2 is 2.07 bits per heavy atom. The van der Waals surface area contributed by atoms with Gasteiger partial charge in [0.2, 0.25) is 0 Å². The molecule has 1 aliphatic carbocycles. The monoisotopic (exact) mass is 384 g/mol. The summed E-state index contributed by atoms with van der Waals surface area (Å²) in [5.41, 5.74) is 3.31. The zero-order chi connectivity index (χ0) is 20.0. The number of piperidine rings is 1. The highest BCUT2D eigenvalue weighted by Gasteiger charge is 2.41. The van der Waals surface area contributed by atoms with Crippen LogP contribution in [0, 0.1) is 0 Å². The zero-order valence-electron chi connectivity index (χ0n) is 16.7. The highest BCUT2D eigenvalue weighted by Crippen LogP contribution is 2.44. The van der Waals surface area contributed by atoms with E-state index in [0.29, 0.717) is 18.8 Å². The van der Waals surface area contributed by atoms with E-state index >= 15 is 0 Å². The van der Waals surface area contributed by atoms with E-state index in [0.717, 1.165) is 35.9 Å². The smallest absolute Gasteiger partial charge is 0.352 e. The lowest BCUT2D eigenvalue weighted by molar-refractivity contribution is 0.0688. The van der Waals surface area contributed by atoms with Crippen LogP contribution in [0.4, 0.5) is 4.79 Å². The Balaban J connectivity index is 1.67. The molecule has 150 valence electrons. The molecule has 1 fully saturated rings. The lowest BCUT2D eigenvalue weighted by atomic mass is 9.73. The van der Waals surface area contributed by atoms with E-state index in [-0.39, 0.29) is 24.0 Å². The molecule has 2 heterocycles. The minimum atomic E-state index is -0.904. The first-order valence-corrected chi connectivity index (χ1v) is 10.1. The molecule has 28 heavy (non-hydrogen) atoms. The lowest BCUT2D eigenvalue weighted by Crippen LogP contribution is -2.56. The van der Waals surface area contributed by atoms with Crippen LogP contribution >= 0.6 is 0 Å². The molecule has 2 aliphatic rings. The summed E-state index contributed by atoms with van der Waals surface area (Å²) in [6.45, 7) is 6.14. The van der Waals surface area contributed by atoms with Crippen LogP contribution in [0.15, 0.2) is 18.2 Å². The van der Waals surface area contributed by atoms with Crippen LogP contribution in [0.3, 0.4) is 0 Å². The molecule has 0 spiro atoms. The summed E-state index contributed by atoms with van der Waals surface area (Å²) < 4.78 is 0. The maximum atomic E-state index is 12.5. The minimum absolute atomic E-state index is 0.00800. The van der Waals surface area contributed by atoms with Crippen LogP contribution in [0.2, 0.25) is 0 Å². The van der Waals surface area contributed by atoms with Gasteiger partial charge >= 0.3 is 12.0 Å². The van der Waals surface area contributed by atoms with E-state index in [2.05, 4.69) is 28.3 Å². The number of amides is 2. The van der Waals surface area contributed by atoms with Crippen LogP contribution in [-0.2, 0) is 6.42 Å². The van der Waals surface area contributed by atoms with E-state index in [1.165, 1.54) is 5.56 Å². The quantitative estimate of drug-likeness (QED) is 0.756. The number of carboxylic acid groups (broad SMARTS) is 1. The Labute approximate surface area is 164 Å². The number of aromatic amines is 1. The number of carboxylic acids is 1. The lowest BCUT2D eigenvalue weighted by Gasteiger charge is -2.46. The molecule has 2 aromatic rings. The zero-order valence-corrected chi connectivity index (χ0v) is 16.7. The van der Waals surface area contributed by atoms with Crippen molar-refractivity contribution in [2.45, 2.75) is 44.7 Å². The first-order chi connectivity index (χ1) is 13.4. The summed E-state index contributed by atoms with van der Waals surface area (Å²) >= 11 is 0. The molecule has 2 amide bonds. The van der Waals surface area contributed by atoms with Crippen molar-refractivity contribution in [1.82, 2.24) is 20.1 Å². The number of hydrogen-bond acceptors (Lipinski definition) is 3. The van der Waals surface area contributed by atoms with Gasteiger partial charge in [0, 0.05) is 48.5 Å². The normalized spacial score (nSPS) is 24.0. The molecular weight excluding hydrogens is 356 g/mol. The van der Waals surface area contributed by atoms with Crippen molar-refractivity contribution in [3.05, 3.63) is 35.0 Å². The number of nitrogens with one attached hydrogen (secondary N) is 2. The number of rotatable bonds is 4. The average molecular weight is 384 g/mol. The molecule has 3 atom stereocenters. The van der Waals surface area contributed by atoms with Crippen molar-refractivity contribution in [3.8, 4) is 0 Å². The van der Waals surface area contributed by atoms with Gasteiger partial charge in [-0.1, -0.05) is 12.1 Å². The molecule has 0 bridgehead atoms. The maximum Gasteiger partial charge on any atom is 0.352 e. The molecule has 3 N–H and O–H groups in total. The van der Waals surface area contributed by atoms with Crippen LogP contribution in [0.5, 0.6) is 0 Å². The Morgan fingerprint density at radius 1 is 1.32 bits per heavy atom. The average Bonchev–Trinajstić information content (AvgIpc) is 3.04. The minimum Gasteiger partial charge on any atom is -0.477 e. The highest BCUT2D eigenvalue weighted by molar-refractivity contribution is 5.99. The summed E-state index contributed by atoms with van der Waals surface area (Å²) in [6, 6.07) is 6.37. The number of H-pyrrole nitrogens is 1. The van der Waals surface area contributed by atoms with E-state index in [1.807, 2.05) is 26.0 Å². The van der Waals surface area contributed by atoms with Crippen molar-refractivity contribution in [2.24, 2.45) is 0 Å². The number of carbonyl (C=O) groups excluding carboxylic acids is 1. The molecule has 1 unspecified atom stereocenters. The summed E-state index contributed by atoms with van der Waals surface area (Å²) in [7, 11) is 2.08. The van der Waals surface area contributed by atoms with Crippen LogP contribution in [-0.4, -0.2) is 70.7 Å². The summed E-state index contributed by atoms with van der Waals surface area (Å²) in [6.07, 6.45) is 1.59. The van der Waals surface area contributed by atoms with Gasteiger partial charge in [-0.15, -0.1) is 0 Å². The molecule has 4 rings (SSSR count). The standard InChI is InChI=1S/C21H28N4O3/c1-4-25(5-2)21(28)22-12-9-14-13-7-6-8-16-18(13)15(19(23-16)20(26)27)10-17(14)24(3)11-12/h6-8,12,14,17,23H,4-5,9-11H2,1-3H3,(H,22,28)(H,26,27)/t12-,14?,17+/m0/s1. The first kappa shape index (κ1) is 18.8. The Bertz CT molecular complexity index is 918. The van der Waals surface area contributed by atoms with E-state index < -0.39 is 5.97 Å². The van der Waals surface area contributed by atoms with Crippen molar-refractivity contribution in [1.29, 1.82) is 0 Å². The van der Waals surface area contributed by atoms with Crippen molar-refractivity contribution >= 4 is 22.9 Å². The van der Waals surface area contributed by atoms with Gasteiger partial charge in [0.1, 0.15) is 5.69 Å². The predicted molar refractivity (Wildman–Crippen MR) is 108 cm³/mol. The fraction of sp³-hybridized carbons (Fsp3) is 0.524. The third-order valence-electron chi connectivity index (χ3n) is 6.44. The van der Waals surface area contributed by atoms with Gasteiger partial charge in [0.25, 0.3) is 0 Å². The summed E-state index contributed by atoms with van der Waals surface area (Å²) in [5, 5.41) is 13.9. The van der Waals surface area contributed by atoms with Gasteiger partial charge < -0.3 is 25.2 Å². The second-order valence-electron chi connectivity index (χ2n) is 7.93. The molecule has 7 heteroatoms.